The third-order valence-electron chi connectivity index (χ3n) is 4.89. The van der Waals surface area contributed by atoms with E-state index in [4.69, 9.17) is 5.73 Å². The number of nitrogens with one attached hydrogen (secondary N) is 2. The Morgan fingerprint density at radius 1 is 1.38 bits per heavy atom. The number of benzene rings is 1. The molecule has 1 aromatic heterocycles. The van der Waals surface area contributed by atoms with Gasteiger partial charge in [0.2, 0.25) is 11.8 Å². The number of amides is 2. The van der Waals surface area contributed by atoms with Gasteiger partial charge in [-0.1, -0.05) is 6.07 Å². The Morgan fingerprint density at radius 3 is 2.79 bits per heavy atom. The normalized spacial score (nSPS) is 17.8. The van der Waals surface area contributed by atoms with Crippen LogP contribution < -0.4 is 16.4 Å². The first-order valence-corrected chi connectivity index (χ1v) is 10.1. The van der Waals surface area contributed by atoms with E-state index in [1.54, 1.807) is 6.20 Å². The third kappa shape index (κ3) is 5.48. The van der Waals surface area contributed by atoms with Crippen molar-refractivity contribution in [1.82, 2.24) is 20.5 Å². The molecule has 7 nitrogen and oxygen atoms in total. The molecule has 1 saturated heterocycles. The summed E-state index contributed by atoms with van der Waals surface area (Å²) < 4.78 is 26.8. The molecule has 3 rings (SSSR count). The standard InChI is InChI=1S/C19H23F2N5O2S/c1-26-6-2-3-16(26)18(28)25-15(8-11-4-5-13(20)14(21)7-11)17(27)23-9-12-10-24-19(22)29-12/h4-5,7,10,15-16H,2-3,6,8-9H2,1H3,(H2,22,24)(H,23,27)(H,25,28)/t15-,16-/m0/s1. The number of anilines is 1. The number of nitrogens with two attached hydrogens (primary N) is 1. The van der Waals surface area contributed by atoms with Gasteiger partial charge in [-0.15, -0.1) is 11.3 Å². The first-order valence-electron chi connectivity index (χ1n) is 9.26. The van der Waals surface area contributed by atoms with Crippen LogP contribution in [0.4, 0.5) is 13.9 Å². The molecule has 29 heavy (non-hydrogen) atoms. The summed E-state index contributed by atoms with van der Waals surface area (Å²) in [6, 6.07) is 2.21. The van der Waals surface area contributed by atoms with E-state index in [0.29, 0.717) is 17.1 Å². The Hall–Kier alpha value is -2.59. The van der Waals surface area contributed by atoms with Crippen LogP contribution >= 0.6 is 11.3 Å². The van der Waals surface area contributed by atoms with Crippen LogP contribution in [-0.4, -0.2) is 47.4 Å². The molecule has 0 bridgehead atoms. The minimum atomic E-state index is -0.997. The van der Waals surface area contributed by atoms with Crippen molar-refractivity contribution in [3.05, 3.63) is 46.5 Å². The van der Waals surface area contributed by atoms with Gasteiger partial charge in [0.1, 0.15) is 6.04 Å². The maximum atomic E-state index is 13.6. The molecule has 4 N–H and O–H groups in total. The smallest absolute Gasteiger partial charge is 0.243 e. The molecule has 2 aromatic rings. The molecule has 0 unspecified atom stereocenters. The Labute approximate surface area is 171 Å². The van der Waals surface area contributed by atoms with Crippen molar-refractivity contribution in [1.29, 1.82) is 0 Å². The fourth-order valence-corrected chi connectivity index (χ4v) is 3.95. The van der Waals surface area contributed by atoms with Crippen LogP contribution in [-0.2, 0) is 22.6 Å². The van der Waals surface area contributed by atoms with Crippen LogP contribution in [0.15, 0.2) is 24.4 Å². The number of thiazole rings is 1. The number of likely N-dealkylation sites (tertiary alicyclic amines) is 1. The molecular weight excluding hydrogens is 400 g/mol. The number of nitrogen functional groups attached to an aromatic ring is 1. The average Bonchev–Trinajstić information content (AvgIpc) is 3.30. The summed E-state index contributed by atoms with van der Waals surface area (Å²) in [6.07, 6.45) is 3.22. The number of rotatable bonds is 7. The van der Waals surface area contributed by atoms with Crippen molar-refractivity contribution in [2.75, 3.05) is 19.3 Å². The predicted octanol–water partition coefficient (Wildman–Crippen LogP) is 1.44. The number of hydrogen-bond acceptors (Lipinski definition) is 6. The van der Waals surface area contributed by atoms with E-state index in [1.165, 1.54) is 17.4 Å². The molecule has 156 valence electrons. The summed E-state index contributed by atoms with van der Waals surface area (Å²) in [5.41, 5.74) is 6.00. The van der Waals surface area contributed by atoms with Crippen LogP contribution in [0.2, 0.25) is 0 Å². The lowest BCUT2D eigenvalue weighted by molar-refractivity contribution is -0.131. The molecule has 1 fully saturated rings. The molecule has 0 aliphatic carbocycles. The molecule has 1 aromatic carbocycles. The van der Waals surface area contributed by atoms with Crippen molar-refractivity contribution in [3.63, 3.8) is 0 Å². The van der Waals surface area contributed by atoms with Crippen LogP contribution in [0.25, 0.3) is 0 Å². The maximum Gasteiger partial charge on any atom is 0.243 e. The number of nitrogens with zero attached hydrogens (tertiary/aromatic N) is 2. The van der Waals surface area contributed by atoms with Gasteiger partial charge in [0, 0.05) is 17.5 Å². The Bertz CT molecular complexity index is 891. The van der Waals surface area contributed by atoms with Crippen LogP contribution in [0.1, 0.15) is 23.3 Å². The van der Waals surface area contributed by atoms with Gasteiger partial charge in [-0.2, -0.15) is 0 Å². The summed E-state index contributed by atoms with van der Waals surface area (Å²) in [4.78, 5) is 32.1. The highest BCUT2D eigenvalue weighted by Crippen LogP contribution is 2.17. The molecule has 2 atom stereocenters. The molecule has 1 aliphatic heterocycles. The van der Waals surface area contributed by atoms with Gasteiger partial charge in [-0.25, -0.2) is 13.8 Å². The number of likely N-dealkylation sites (N-methyl/N-ethyl adjacent to an activating group) is 1. The number of halogens is 2. The van der Waals surface area contributed by atoms with E-state index >= 15 is 0 Å². The van der Waals surface area contributed by atoms with E-state index in [0.717, 1.165) is 30.0 Å². The summed E-state index contributed by atoms with van der Waals surface area (Å²) in [5, 5.41) is 5.91. The molecule has 1 aliphatic rings. The van der Waals surface area contributed by atoms with Gasteiger partial charge in [0.15, 0.2) is 16.8 Å². The first-order chi connectivity index (χ1) is 13.8. The van der Waals surface area contributed by atoms with Crippen LogP contribution in [0.5, 0.6) is 0 Å². The molecule has 10 heteroatoms. The van der Waals surface area contributed by atoms with Crippen molar-refractivity contribution >= 4 is 28.3 Å². The SMILES string of the molecule is CN1CCC[C@H]1C(=O)N[C@@H](Cc1ccc(F)c(F)c1)C(=O)NCc1cnc(N)s1. The lowest BCUT2D eigenvalue weighted by Crippen LogP contribution is -2.52. The minimum Gasteiger partial charge on any atom is -0.375 e. The van der Waals surface area contributed by atoms with Gasteiger partial charge >= 0.3 is 0 Å². The second-order valence-corrected chi connectivity index (χ2v) is 8.18. The molecule has 0 radical (unpaired) electrons. The van der Waals surface area contributed by atoms with Crippen molar-refractivity contribution in [2.45, 2.75) is 37.9 Å². The zero-order valence-electron chi connectivity index (χ0n) is 16.0. The molecule has 2 heterocycles. The van der Waals surface area contributed by atoms with E-state index in [9.17, 15) is 18.4 Å². The quantitative estimate of drug-likeness (QED) is 0.626. The van der Waals surface area contributed by atoms with Crippen molar-refractivity contribution in [3.8, 4) is 0 Å². The maximum absolute atomic E-state index is 13.6. The minimum absolute atomic E-state index is 0.0377. The topological polar surface area (TPSA) is 100 Å². The van der Waals surface area contributed by atoms with Crippen molar-refractivity contribution in [2.24, 2.45) is 0 Å². The summed E-state index contributed by atoms with van der Waals surface area (Å²) in [7, 11) is 1.86. The van der Waals surface area contributed by atoms with Gasteiger partial charge in [-0.3, -0.25) is 14.5 Å². The predicted molar refractivity (Wildman–Crippen MR) is 106 cm³/mol. The molecular formula is C19H23F2N5O2S. The van der Waals surface area contributed by atoms with E-state index in [-0.39, 0.29) is 24.9 Å². The fraction of sp³-hybridized carbons (Fsp3) is 0.421. The molecule has 2 amide bonds. The number of carbonyl (C=O) groups excluding carboxylic acids is 2. The van der Waals surface area contributed by atoms with Crippen molar-refractivity contribution < 1.29 is 18.4 Å². The highest BCUT2D eigenvalue weighted by Gasteiger charge is 2.31. The zero-order valence-corrected chi connectivity index (χ0v) is 16.8. The number of carbonyl (C=O) groups is 2. The lowest BCUT2D eigenvalue weighted by Gasteiger charge is -2.23. The Kier molecular flexibility index (Phi) is 6.75. The van der Waals surface area contributed by atoms with Gasteiger partial charge in [0.05, 0.1) is 12.6 Å². The van der Waals surface area contributed by atoms with Crippen LogP contribution in [0, 0.1) is 11.6 Å². The van der Waals surface area contributed by atoms with Gasteiger partial charge in [-0.05, 0) is 44.1 Å². The number of aromatic nitrogens is 1. The largest absolute Gasteiger partial charge is 0.375 e. The third-order valence-corrected chi connectivity index (χ3v) is 5.71. The van der Waals surface area contributed by atoms with Crippen LogP contribution in [0.3, 0.4) is 0 Å². The summed E-state index contributed by atoms with van der Waals surface area (Å²) in [5.74, 6) is -2.64. The lowest BCUT2D eigenvalue weighted by atomic mass is 10.0. The zero-order chi connectivity index (χ0) is 21.0. The van der Waals surface area contributed by atoms with E-state index in [2.05, 4.69) is 15.6 Å². The average molecular weight is 423 g/mol. The molecule has 0 spiro atoms. The molecule has 0 saturated carbocycles. The number of hydrogen-bond donors (Lipinski definition) is 3. The highest BCUT2D eigenvalue weighted by atomic mass is 32.1. The van der Waals surface area contributed by atoms with E-state index < -0.39 is 23.6 Å². The summed E-state index contributed by atoms with van der Waals surface area (Å²) >= 11 is 1.25. The highest BCUT2D eigenvalue weighted by molar-refractivity contribution is 7.15. The Morgan fingerprint density at radius 2 is 2.17 bits per heavy atom. The fourth-order valence-electron chi connectivity index (χ4n) is 3.32. The summed E-state index contributed by atoms with van der Waals surface area (Å²) in [6.45, 7) is 1.02. The monoisotopic (exact) mass is 423 g/mol. The second-order valence-electron chi connectivity index (χ2n) is 7.04. The first kappa shape index (κ1) is 21.1. The second kappa shape index (κ2) is 9.27. The van der Waals surface area contributed by atoms with E-state index in [1.807, 2.05) is 11.9 Å². The van der Waals surface area contributed by atoms with Gasteiger partial charge in [0.25, 0.3) is 0 Å². The Balaban J connectivity index is 1.71. The van der Waals surface area contributed by atoms with Gasteiger partial charge < -0.3 is 16.4 Å².